The molecule has 1 aromatic heterocycles. The van der Waals surface area contributed by atoms with Crippen LogP contribution < -0.4 is 11.2 Å². The molecule has 0 N–H and O–H groups in total. The highest BCUT2D eigenvalue weighted by molar-refractivity contribution is 5.82. The van der Waals surface area contributed by atoms with Gasteiger partial charge in [-0.3, -0.25) is 23.5 Å². The molecule has 1 fully saturated rings. The second-order valence-electron chi connectivity index (χ2n) is 11.0. The Kier molecular flexibility index (Phi) is 7.49. The van der Waals surface area contributed by atoms with Crippen molar-refractivity contribution in [2.75, 3.05) is 19.6 Å². The number of benzene rings is 2. The predicted octanol–water partition coefficient (Wildman–Crippen LogP) is 3.03. The maximum absolute atomic E-state index is 13.5. The van der Waals surface area contributed by atoms with E-state index >= 15 is 0 Å². The largest absolute Gasteiger partial charge is 0.341 e. The van der Waals surface area contributed by atoms with E-state index < -0.39 is 5.69 Å². The topological polar surface area (TPSA) is 84.6 Å². The van der Waals surface area contributed by atoms with Crippen LogP contribution in [0.2, 0.25) is 0 Å². The Bertz CT molecular complexity index is 1460. The average molecular weight is 517 g/mol. The van der Waals surface area contributed by atoms with Gasteiger partial charge in [-0.15, -0.1) is 0 Å². The molecule has 2 aliphatic rings. The molecule has 1 saturated heterocycles. The van der Waals surface area contributed by atoms with Crippen molar-refractivity contribution in [1.29, 1.82) is 0 Å². The van der Waals surface area contributed by atoms with Crippen LogP contribution in [0.5, 0.6) is 0 Å². The standard InChI is InChI=1S/C30H36N4O4/c1-21-16-22(2)18-32(17-21)28(36)20-34-26-11-6-5-10-25(26)29(37)33(30(34)38)14-7-12-27(35)31-15-13-23-8-3-4-9-24(23)19-31/h3-6,8-11,21-22H,7,12-20H2,1-2H3/t21-,22+. The number of nitrogens with zero attached hydrogens (tertiary/aromatic N) is 4. The van der Waals surface area contributed by atoms with Gasteiger partial charge in [0.15, 0.2) is 0 Å². The van der Waals surface area contributed by atoms with Crippen LogP contribution in [-0.4, -0.2) is 50.4 Å². The molecule has 5 rings (SSSR count). The molecule has 8 heteroatoms. The van der Waals surface area contributed by atoms with Crippen LogP contribution in [0.1, 0.15) is 44.2 Å². The molecule has 0 spiro atoms. The first kappa shape index (κ1) is 25.9. The molecular formula is C30H36N4O4. The van der Waals surface area contributed by atoms with Crippen LogP contribution in [0.3, 0.4) is 0 Å². The number of hydrogen-bond acceptors (Lipinski definition) is 4. The van der Waals surface area contributed by atoms with Crippen molar-refractivity contribution in [2.45, 2.75) is 59.2 Å². The Morgan fingerprint density at radius 2 is 1.53 bits per heavy atom. The highest BCUT2D eigenvalue weighted by Crippen LogP contribution is 2.22. The molecule has 0 saturated carbocycles. The van der Waals surface area contributed by atoms with E-state index in [1.165, 1.54) is 20.3 Å². The SMILES string of the molecule is C[C@@H]1C[C@H](C)CN(C(=O)Cn2c(=O)n(CCCC(=O)N3CCc4ccccc4C3)c(=O)c3ccccc32)C1. The molecule has 0 radical (unpaired) electrons. The van der Waals surface area contributed by atoms with Gasteiger partial charge in [-0.1, -0.05) is 50.2 Å². The van der Waals surface area contributed by atoms with E-state index in [4.69, 9.17) is 0 Å². The molecular weight excluding hydrogens is 480 g/mol. The molecule has 3 aromatic rings. The summed E-state index contributed by atoms with van der Waals surface area (Å²) >= 11 is 0. The first-order valence-electron chi connectivity index (χ1n) is 13.7. The van der Waals surface area contributed by atoms with E-state index in [-0.39, 0.29) is 36.9 Å². The summed E-state index contributed by atoms with van der Waals surface area (Å²) in [5, 5.41) is 0.402. The Labute approximate surface area is 222 Å². The molecule has 38 heavy (non-hydrogen) atoms. The summed E-state index contributed by atoms with van der Waals surface area (Å²) in [5.74, 6) is 0.741. The van der Waals surface area contributed by atoms with Gasteiger partial charge in [-0.2, -0.15) is 0 Å². The normalized spacial score (nSPS) is 19.4. The lowest BCUT2D eigenvalue weighted by atomic mass is 9.92. The Morgan fingerprint density at radius 1 is 0.842 bits per heavy atom. The minimum absolute atomic E-state index is 0.0252. The van der Waals surface area contributed by atoms with Crippen molar-refractivity contribution in [2.24, 2.45) is 11.8 Å². The number of likely N-dealkylation sites (tertiary alicyclic amines) is 1. The summed E-state index contributed by atoms with van der Waals surface area (Å²) < 4.78 is 2.61. The first-order chi connectivity index (χ1) is 18.3. The summed E-state index contributed by atoms with van der Waals surface area (Å²) in [4.78, 5) is 56.6. The fourth-order valence-electron chi connectivity index (χ4n) is 6.08. The highest BCUT2D eigenvalue weighted by Gasteiger charge is 2.27. The third-order valence-corrected chi connectivity index (χ3v) is 7.90. The fourth-order valence-corrected chi connectivity index (χ4v) is 6.08. The first-order valence-corrected chi connectivity index (χ1v) is 13.7. The Morgan fingerprint density at radius 3 is 2.29 bits per heavy atom. The van der Waals surface area contributed by atoms with Crippen LogP contribution in [0.15, 0.2) is 58.1 Å². The molecule has 2 atom stereocenters. The zero-order valence-corrected chi connectivity index (χ0v) is 22.3. The number of rotatable bonds is 6. The smallest absolute Gasteiger partial charge is 0.331 e. The van der Waals surface area contributed by atoms with Crippen molar-refractivity contribution in [3.05, 3.63) is 80.5 Å². The predicted molar refractivity (Wildman–Crippen MR) is 147 cm³/mol. The van der Waals surface area contributed by atoms with Gasteiger partial charge in [-0.25, -0.2) is 4.79 Å². The molecule has 0 aliphatic carbocycles. The maximum Gasteiger partial charge on any atom is 0.331 e. The van der Waals surface area contributed by atoms with Gasteiger partial charge in [0.05, 0.1) is 10.9 Å². The molecule has 8 nitrogen and oxygen atoms in total. The third kappa shape index (κ3) is 5.30. The van der Waals surface area contributed by atoms with Gasteiger partial charge in [0.2, 0.25) is 11.8 Å². The van der Waals surface area contributed by atoms with Gasteiger partial charge in [-0.05, 0) is 54.4 Å². The summed E-state index contributed by atoms with van der Waals surface area (Å²) in [5.41, 5.74) is 2.03. The second-order valence-corrected chi connectivity index (χ2v) is 11.0. The van der Waals surface area contributed by atoms with Gasteiger partial charge in [0.25, 0.3) is 5.56 Å². The summed E-state index contributed by atoms with van der Waals surface area (Å²) in [6, 6.07) is 15.1. The molecule has 0 bridgehead atoms. The van der Waals surface area contributed by atoms with Gasteiger partial charge < -0.3 is 9.80 Å². The molecule has 0 unspecified atom stereocenters. The Hall–Kier alpha value is -3.68. The van der Waals surface area contributed by atoms with E-state index in [1.54, 1.807) is 24.3 Å². The number of aromatic nitrogens is 2. The third-order valence-electron chi connectivity index (χ3n) is 7.90. The minimum Gasteiger partial charge on any atom is -0.341 e. The van der Waals surface area contributed by atoms with Crippen LogP contribution >= 0.6 is 0 Å². The van der Waals surface area contributed by atoms with E-state index in [0.717, 1.165) is 12.8 Å². The van der Waals surface area contributed by atoms with Crippen LogP contribution in [0.25, 0.3) is 10.9 Å². The quantitative estimate of drug-likeness (QED) is 0.504. The van der Waals surface area contributed by atoms with Crippen LogP contribution in [0.4, 0.5) is 0 Å². The lowest BCUT2D eigenvalue weighted by molar-refractivity contribution is -0.134. The lowest BCUT2D eigenvalue weighted by Gasteiger charge is -2.35. The summed E-state index contributed by atoms with van der Waals surface area (Å²) in [6.07, 6.45) is 2.54. The number of hydrogen-bond donors (Lipinski definition) is 0. The highest BCUT2D eigenvalue weighted by atomic mass is 16.2. The number of para-hydroxylation sites is 1. The van der Waals surface area contributed by atoms with Gasteiger partial charge in [0.1, 0.15) is 6.54 Å². The molecule has 2 aliphatic heterocycles. The van der Waals surface area contributed by atoms with Crippen molar-refractivity contribution < 1.29 is 9.59 Å². The monoisotopic (exact) mass is 516 g/mol. The van der Waals surface area contributed by atoms with Gasteiger partial charge >= 0.3 is 5.69 Å². The summed E-state index contributed by atoms with van der Waals surface area (Å²) in [7, 11) is 0. The number of carbonyl (C=O) groups is 2. The minimum atomic E-state index is -0.500. The van der Waals surface area contributed by atoms with Crippen LogP contribution in [0, 0.1) is 11.8 Å². The van der Waals surface area contributed by atoms with Crippen LogP contribution in [-0.2, 0) is 35.6 Å². The van der Waals surface area contributed by atoms with Crippen molar-refractivity contribution in [3.8, 4) is 0 Å². The summed E-state index contributed by atoms with van der Waals surface area (Å²) in [6.45, 7) is 6.93. The van der Waals surface area contributed by atoms with Crippen molar-refractivity contribution in [3.63, 3.8) is 0 Å². The second kappa shape index (κ2) is 11.0. The van der Waals surface area contributed by atoms with E-state index in [2.05, 4.69) is 26.0 Å². The fraction of sp³-hybridized carbons (Fsp3) is 0.467. The molecule has 2 aromatic carbocycles. The maximum atomic E-state index is 13.5. The number of carbonyl (C=O) groups excluding carboxylic acids is 2. The van der Waals surface area contributed by atoms with Crippen molar-refractivity contribution >= 4 is 22.7 Å². The zero-order chi connectivity index (χ0) is 26.8. The Balaban J connectivity index is 1.33. The van der Waals surface area contributed by atoms with Gasteiger partial charge in [0, 0.05) is 39.1 Å². The molecule has 200 valence electrons. The van der Waals surface area contributed by atoms with E-state index in [9.17, 15) is 19.2 Å². The van der Waals surface area contributed by atoms with E-state index in [1.807, 2.05) is 21.9 Å². The number of amides is 2. The molecule has 3 heterocycles. The number of piperidine rings is 1. The molecule has 2 amide bonds. The average Bonchev–Trinajstić information content (AvgIpc) is 2.91. The number of fused-ring (bicyclic) bond motifs is 2. The zero-order valence-electron chi connectivity index (χ0n) is 22.3. The van der Waals surface area contributed by atoms with Crippen molar-refractivity contribution in [1.82, 2.24) is 18.9 Å². The van der Waals surface area contributed by atoms with E-state index in [0.29, 0.717) is 55.3 Å². The lowest BCUT2D eigenvalue weighted by Crippen LogP contribution is -2.47.